The van der Waals surface area contributed by atoms with Gasteiger partial charge in [-0.2, -0.15) is 13.2 Å². The number of carbonyl (C=O) groups is 2. The number of hydrogen-bond acceptors (Lipinski definition) is 3. The van der Waals surface area contributed by atoms with Gasteiger partial charge in [0.25, 0.3) is 5.91 Å². The van der Waals surface area contributed by atoms with Crippen LogP contribution < -0.4 is 5.32 Å². The molecule has 1 aliphatic heterocycles. The van der Waals surface area contributed by atoms with Crippen LogP contribution in [0.1, 0.15) is 29.5 Å². The van der Waals surface area contributed by atoms with E-state index in [1.807, 2.05) is 24.3 Å². The van der Waals surface area contributed by atoms with E-state index in [1.165, 1.54) is 23.1 Å². The Morgan fingerprint density at radius 1 is 1.13 bits per heavy atom. The lowest BCUT2D eigenvalue weighted by Gasteiger charge is -2.38. The second kappa shape index (κ2) is 9.23. The van der Waals surface area contributed by atoms with E-state index in [1.54, 1.807) is 0 Å². The maximum Gasteiger partial charge on any atom is 0.416 e. The fourth-order valence-electron chi connectivity index (χ4n) is 3.50. The fourth-order valence-corrected chi connectivity index (χ4v) is 3.76. The Labute approximate surface area is 185 Å². The predicted octanol–water partition coefficient (Wildman–Crippen LogP) is 4.07. The summed E-state index contributed by atoms with van der Waals surface area (Å²) >= 11 is 3.35. The van der Waals surface area contributed by atoms with E-state index in [4.69, 9.17) is 0 Å². The molecular formula is C22H20BrF3N2O3. The van der Waals surface area contributed by atoms with Gasteiger partial charge in [-0.3, -0.25) is 9.59 Å². The first kappa shape index (κ1) is 23.0. The van der Waals surface area contributed by atoms with Crippen molar-refractivity contribution in [2.75, 3.05) is 13.1 Å². The Hall–Kier alpha value is -2.65. The topological polar surface area (TPSA) is 69.6 Å². The first-order valence-corrected chi connectivity index (χ1v) is 10.3. The summed E-state index contributed by atoms with van der Waals surface area (Å²) in [7, 11) is 0. The third-order valence-corrected chi connectivity index (χ3v) is 5.76. The van der Waals surface area contributed by atoms with Crippen molar-refractivity contribution >= 4 is 34.3 Å². The average molecular weight is 497 g/mol. The van der Waals surface area contributed by atoms with Crippen molar-refractivity contribution < 1.29 is 27.9 Å². The molecule has 2 amide bonds. The van der Waals surface area contributed by atoms with Crippen LogP contribution in [0.3, 0.4) is 0 Å². The second-order valence-corrected chi connectivity index (χ2v) is 8.19. The maximum atomic E-state index is 12.9. The van der Waals surface area contributed by atoms with Crippen molar-refractivity contribution in [1.82, 2.24) is 10.2 Å². The number of alkyl halides is 3. The smallest absolute Gasteiger partial charge is 0.385 e. The van der Waals surface area contributed by atoms with Gasteiger partial charge in [-0.05, 0) is 54.3 Å². The Morgan fingerprint density at radius 2 is 1.77 bits per heavy atom. The number of halogens is 4. The van der Waals surface area contributed by atoms with Gasteiger partial charge in [0.1, 0.15) is 5.70 Å². The van der Waals surface area contributed by atoms with Gasteiger partial charge in [0.15, 0.2) is 0 Å². The van der Waals surface area contributed by atoms with Crippen molar-refractivity contribution in [1.29, 1.82) is 0 Å². The van der Waals surface area contributed by atoms with Crippen LogP contribution >= 0.6 is 15.9 Å². The van der Waals surface area contributed by atoms with Crippen LogP contribution in [0.2, 0.25) is 0 Å². The third-order valence-electron chi connectivity index (χ3n) is 5.23. The molecule has 0 saturated carbocycles. The van der Waals surface area contributed by atoms with E-state index in [2.05, 4.69) is 21.2 Å². The van der Waals surface area contributed by atoms with E-state index < -0.39 is 23.2 Å². The molecule has 164 valence electrons. The van der Waals surface area contributed by atoms with Gasteiger partial charge < -0.3 is 15.3 Å². The molecule has 0 radical (unpaired) electrons. The Kier molecular flexibility index (Phi) is 6.86. The summed E-state index contributed by atoms with van der Waals surface area (Å²) in [5.74, 6) is -0.526. The Bertz CT molecular complexity index is 982. The van der Waals surface area contributed by atoms with Crippen LogP contribution in [-0.4, -0.2) is 35.4 Å². The number of rotatable bonds is 5. The summed E-state index contributed by atoms with van der Waals surface area (Å²) in [4.78, 5) is 25.3. The first-order valence-electron chi connectivity index (χ1n) is 9.49. The zero-order valence-corrected chi connectivity index (χ0v) is 17.9. The predicted molar refractivity (Wildman–Crippen MR) is 112 cm³/mol. The minimum absolute atomic E-state index is 0.135. The molecular weight excluding hydrogens is 477 g/mol. The summed E-state index contributed by atoms with van der Waals surface area (Å²) in [6.07, 6.45) is -2.42. The molecule has 3 rings (SSSR count). The number of carbonyl (C=O) groups excluding carboxylic acids is 2. The number of hydrogen-bond donors (Lipinski definition) is 2. The molecule has 0 bridgehead atoms. The molecule has 2 aromatic rings. The molecule has 2 aromatic carbocycles. The number of likely N-dealkylation sites (tertiary alicyclic amines) is 1. The Morgan fingerprint density at radius 3 is 2.35 bits per heavy atom. The minimum Gasteiger partial charge on any atom is -0.385 e. The summed E-state index contributed by atoms with van der Waals surface area (Å²) in [6, 6.07) is 11.8. The summed E-state index contributed by atoms with van der Waals surface area (Å²) < 4.78 is 39.7. The van der Waals surface area contributed by atoms with Gasteiger partial charge >= 0.3 is 6.18 Å². The van der Waals surface area contributed by atoms with E-state index in [0.717, 1.165) is 22.2 Å². The van der Waals surface area contributed by atoms with Crippen LogP contribution in [-0.2, 0) is 21.4 Å². The quantitative estimate of drug-likeness (QED) is 0.484. The maximum absolute atomic E-state index is 12.9. The molecule has 0 unspecified atom stereocenters. The van der Waals surface area contributed by atoms with Crippen molar-refractivity contribution in [3.63, 3.8) is 0 Å². The molecule has 0 spiro atoms. The SMILES string of the molecule is O=CNC(=Cc1cccc(C(F)(F)F)c1)C(=O)N1CCC(O)(c2ccc(Br)cc2)CC1. The van der Waals surface area contributed by atoms with Gasteiger partial charge in [0.2, 0.25) is 6.41 Å². The highest BCUT2D eigenvalue weighted by Crippen LogP contribution is 2.34. The van der Waals surface area contributed by atoms with Gasteiger partial charge in [0, 0.05) is 17.6 Å². The normalized spacial score (nSPS) is 16.7. The average Bonchev–Trinajstić information content (AvgIpc) is 2.73. The standard InChI is InChI=1S/C22H20BrF3N2O3/c23-18-6-4-16(5-7-18)21(31)8-10-28(11-9-21)20(30)19(27-14-29)13-15-2-1-3-17(12-15)22(24,25)26/h1-7,12-14,31H,8-11H2,(H,27,29). The highest BCUT2D eigenvalue weighted by atomic mass is 79.9. The number of aliphatic hydroxyl groups is 1. The number of piperidine rings is 1. The Balaban J connectivity index is 1.76. The van der Waals surface area contributed by atoms with Gasteiger partial charge in [-0.15, -0.1) is 0 Å². The molecule has 2 N–H and O–H groups in total. The molecule has 1 fully saturated rings. The number of nitrogens with one attached hydrogen (secondary N) is 1. The molecule has 0 atom stereocenters. The van der Waals surface area contributed by atoms with Gasteiger partial charge in [-0.1, -0.05) is 40.2 Å². The van der Waals surface area contributed by atoms with Crippen LogP contribution in [0.5, 0.6) is 0 Å². The monoisotopic (exact) mass is 496 g/mol. The number of nitrogens with zero attached hydrogens (tertiary/aromatic N) is 1. The lowest BCUT2D eigenvalue weighted by molar-refractivity contribution is -0.137. The van der Waals surface area contributed by atoms with E-state index in [0.29, 0.717) is 6.41 Å². The highest BCUT2D eigenvalue weighted by molar-refractivity contribution is 9.10. The van der Waals surface area contributed by atoms with E-state index in [-0.39, 0.29) is 37.2 Å². The van der Waals surface area contributed by atoms with Crippen LogP contribution in [0.4, 0.5) is 13.2 Å². The van der Waals surface area contributed by atoms with Gasteiger partial charge in [-0.25, -0.2) is 0 Å². The molecule has 1 saturated heterocycles. The summed E-state index contributed by atoms with van der Waals surface area (Å²) in [6.45, 7) is 0.456. The molecule has 1 aliphatic rings. The highest BCUT2D eigenvalue weighted by Gasteiger charge is 2.36. The first-order chi connectivity index (χ1) is 14.6. The van der Waals surface area contributed by atoms with Crippen LogP contribution in [0.25, 0.3) is 6.08 Å². The van der Waals surface area contributed by atoms with Crippen LogP contribution in [0.15, 0.2) is 58.7 Å². The summed E-state index contributed by atoms with van der Waals surface area (Å²) in [5.41, 5.74) is -1.19. The molecule has 0 aliphatic carbocycles. The third kappa shape index (κ3) is 5.54. The number of benzene rings is 2. The van der Waals surface area contributed by atoms with E-state index >= 15 is 0 Å². The molecule has 31 heavy (non-hydrogen) atoms. The van der Waals surface area contributed by atoms with Crippen molar-refractivity contribution in [2.24, 2.45) is 0 Å². The van der Waals surface area contributed by atoms with E-state index in [9.17, 15) is 27.9 Å². The fraction of sp³-hybridized carbons (Fsp3) is 0.273. The molecule has 0 aromatic heterocycles. The van der Waals surface area contributed by atoms with Crippen molar-refractivity contribution in [2.45, 2.75) is 24.6 Å². The molecule has 9 heteroatoms. The zero-order valence-electron chi connectivity index (χ0n) is 16.3. The summed E-state index contributed by atoms with van der Waals surface area (Å²) in [5, 5.41) is 13.3. The largest absolute Gasteiger partial charge is 0.416 e. The van der Waals surface area contributed by atoms with Crippen LogP contribution in [0, 0.1) is 0 Å². The zero-order chi connectivity index (χ0) is 22.6. The van der Waals surface area contributed by atoms with Crippen molar-refractivity contribution in [3.05, 3.63) is 75.4 Å². The molecule has 1 heterocycles. The van der Waals surface area contributed by atoms with Crippen molar-refractivity contribution in [3.8, 4) is 0 Å². The number of amides is 2. The lowest BCUT2D eigenvalue weighted by atomic mass is 9.84. The van der Waals surface area contributed by atoms with Gasteiger partial charge in [0.05, 0.1) is 11.2 Å². The minimum atomic E-state index is -4.52. The second-order valence-electron chi connectivity index (χ2n) is 7.27. The lowest BCUT2D eigenvalue weighted by Crippen LogP contribution is -2.46. The molecule has 5 nitrogen and oxygen atoms in total.